The fourth-order valence-electron chi connectivity index (χ4n) is 1.60. The van der Waals surface area contributed by atoms with Crippen LogP contribution in [0.5, 0.6) is 0 Å². The van der Waals surface area contributed by atoms with E-state index in [4.69, 9.17) is 0 Å². The number of amides is 1. The predicted octanol–water partition coefficient (Wildman–Crippen LogP) is -0.0756. The number of hydrogen-bond donors (Lipinski definition) is 2. The molecule has 2 heterocycles. The normalized spacial score (nSPS) is 25.3. The first-order valence-corrected chi connectivity index (χ1v) is 4.94. The third-order valence-electron chi connectivity index (χ3n) is 2.40. The molecule has 2 rings (SSSR count). The summed E-state index contributed by atoms with van der Waals surface area (Å²) in [5, 5.41) is 4.55. The Bertz CT molecular complexity index is 309. The molecule has 0 aromatic heterocycles. The molecule has 0 spiro atoms. The molecule has 0 bridgehead atoms. The largest absolute Gasteiger partial charge is 0.306 e. The number of hydrazine groups is 1. The third-order valence-corrected chi connectivity index (χ3v) is 2.40. The molecule has 5 nitrogen and oxygen atoms in total. The van der Waals surface area contributed by atoms with Crippen molar-refractivity contribution in [3.8, 4) is 0 Å². The van der Waals surface area contributed by atoms with Crippen LogP contribution in [-0.2, 0) is 4.79 Å². The van der Waals surface area contributed by atoms with E-state index in [-0.39, 0.29) is 18.6 Å². The van der Waals surface area contributed by atoms with Crippen LogP contribution in [-0.4, -0.2) is 36.1 Å². The van der Waals surface area contributed by atoms with Gasteiger partial charge in [0.05, 0.1) is 6.04 Å². The minimum atomic E-state index is -0.514. The number of nitrogens with zero attached hydrogens (tertiary/aromatic N) is 2. The Morgan fingerprint density at radius 2 is 2.60 bits per heavy atom. The molecule has 6 heteroatoms. The molecule has 1 saturated heterocycles. The van der Waals surface area contributed by atoms with Gasteiger partial charge in [0.15, 0.2) is 0 Å². The minimum absolute atomic E-state index is 0.0883. The van der Waals surface area contributed by atoms with E-state index < -0.39 is 5.97 Å². The maximum atomic E-state index is 12.5. The summed E-state index contributed by atoms with van der Waals surface area (Å²) in [6.07, 6.45) is 4.54. The standard InChI is InChI=1S/C9H13FN4O/c10-8-3-5-14(6-12-8)13-9(15)7-2-1-4-11-7/h3,5,7,11H,1-2,4,6H2,(H,13,15). The van der Waals surface area contributed by atoms with Crippen LogP contribution >= 0.6 is 0 Å². The van der Waals surface area contributed by atoms with E-state index in [0.29, 0.717) is 0 Å². The maximum absolute atomic E-state index is 12.5. The molecule has 0 aromatic carbocycles. The molecule has 1 amide bonds. The van der Waals surface area contributed by atoms with Crippen LogP contribution in [0.25, 0.3) is 0 Å². The maximum Gasteiger partial charge on any atom is 0.255 e. The zero-order valence-electron chi connectivity index (χ0n) is 8.24. The van der Waals surface area contributed by atoms with Crippen LogP contribution in [0.4, 0.5) is 4.39 Å². The topological polar surface area (TPSA) is 56.7 Å². The number of allylic oxidation sites excluding steroid dienone is 1. The zero-order valence-corrected chi connectivity index (χ0v) is 8.24. The van der Waals surface area contributed by atoms with Crippen molar-refractivity contribution >= 4 is 11.9 Å². The number of hydrogen-bond acceptors (Lipinski definition) is 4. The average molecular weight is 212 g/mol. The van der Waals surface area contributed by atoms with Crippen LogP contribution < -0.4 is 10.7 Å². The van der Waals surface area contributed by atoms with E-state index in [0.717, 1.165) is 19.4 Å². The third kappa shape index (κ3) is 2.53. The van der Waals surface area contributed by atoms with Crippen LogP contribution in [0.2, 0.25) is 0 Å². The Morgan fingerprint density at radius 1 is 1.73 bits per heavy atom. The molecule has 0 saturated carbocycles. The number of carbonyl (C=O) groups excluding carboxylic acids is 1. The van der Waals surface area contributed by atoms with Gasteiger partial charge in [-0.15, -0.1) is 0 Å². The molecule has 82 valence electrons. The highest BCUT2D eigenvalue weighted by Gasteiger charge is 2.23. The lowest BCUT2D eigenvalue weighted by atomic mass is 10.2. The van der Waals surface area contributed by atoms with Crippen molar-refractivity contribution in [2.24, 2.45) is 4.99 Å². The number of halogens is 1. The van der Waals surface area contributed by atoms with Crippen LogP contribution in [0, 0.1) is 0 Å². The van der Waals surface area contributed by atoms with Gasteiger partial charge in [-0.1, -0.05) is 0 Å². The van der Waals surface area contributed by atoms with E-state index in [2.05, 4.69) is 15.7 Å². The first kappa shape index (κ1) is 10.1. The van der Waals surface area contributed by atoms with Crippen molar-refractivity contribution < 1.29 is 9.18 Å². The monoisotopic (exact) mass is 212 g/mol. The van der Waals surface area contributed by atoms with Gasteiger partial charge in [0, 0.05) is 12.3 Å². The second kappa shape index (κ2) is 4.39. The Morgan fingerprint density at radius 3 is 3.20 bits per heavy atom. The van der Waals surface area contributed by atoms with Gasteiger partial charge < -0.3 is 5.32 Å². The van der Waals surface area contributed by atoms with Gasteiger partial charge in [-0.05, 0) is 19.4 Å². The van der Waals surface area contributed by atoms with Crippen molar-refractivity contribution in [1.82, 2.24) is 15.8 Å². The van der Waals surface area contributed by atoms with E-state index in [1.807, 2.05) is 0 Å². The van der Waals surface area contributed by atoms with E-state index in [1.165, 1.54) is 17.3 Å². The fraction of sp³-hybridized carbons (Fsp3) is 0.556. The zero-order chi connectivity index (χ0) is 10.7. The van der Waals surface area contributed by atoms with Crippen molar-refractivity contribution in [3.05, 3.63) is 12.3 Å². The van der Waals surface area contributed by atoms with E-state index >= 15 is 0 Å². The lowest BCUT2D eigenvalue weighted by Gasteiger charge is -2.22. The van der Waals surface area contributed by atoms with E-state index in [9.17, 15) is 9.18 Å². The van der Waals surface area contributed by atoms with Crippen LogP contribution in [0.3, 0.4) is 0 Å². The smallest absolute Gasteiger partial charge is 0.255 e. The molecule has 15 heavy (non-hydrogen) atoms. The number of aliphatic imine (C=N–C) groups is 1. The first-order chi connectivity index (χ1) is 7.25. The Kier molecular flexibility index (Phi) is 2.96. The van der Waals surface area contributed by atoms with Gasteiger partial charge in [0.25, 0.3) is 5.91 Å². The number of nitrogens with one attached hydrogen (secondary N) is 2. The summed E-state index contributed by atoms with van der Waals surface area (Å²) in [5.41, 5.74) is 2.65. The molecule has 2 aliphatic heterocycles. The molecule has 0 radical (unpaired) electrons. The highest BCUT2D eigenvalue weighted by Crippen LogP contribution is 2.05. The molecule has 0 aromatic rings. The number of carbonyl (C=O) groups is 1. The van der Waals surface area contributed by atoms with Crippen LogP contribution in [0.15, 0.2) is 17.3 Å². The highest BCUT2D eigenvalue weighted by molar-refractivity contribution is 5.87. The van der Waals surface area contributed by atoms with Crippen molar-refractivity contribution in [2.45, 2.75) is 18.9 Å². The lowest BCUT2D eigenvalue weighted by Crippen LogP contribution is -2.47. The molecule has 1 fully saturated rings. The summed E-state index contributed by atoms with van der Waals surface area (Å²) in [6, 6.07) is -0.130. The molecule has 2 aliphatic rings. The van der Waals surface area contributed by atoms with Gasteiger partial charge in [-0.25, -0.2) is 4.99 Å². The molecule has 1 atom stereocenters. The molecule has 1 unspecified atom stereocenters. The van der Waals surface area contributed by atoms with Gasteiger partial charge in [-0.3, -0.25) is 15.2 Å². The lowest BCUT2D eigenvalue weighted by molar-refractivity contribution is -0.126. The van der Waals surface area contributed by atoms with Gasteiger partial charge >= 0.3 is 0 Å². The minimum Gasteiger partial charge on any atom is -0.306 e. The molecular formula is C9H13FN4O. The highest BCUT2D eigenvalue weighted by atomic mass is 19.1. The van der Waals surface area contributed by atoms with Crippen molar-refractivity contribution in [1.29, 1.82) is 0 Å². The van der Waals surface area contributed by atoms with Crippen LogP contribution in [0.1, 0.15) is 12.8 Å². The summed E-state index contributed by atoms with van der Waals surface area (Å²) < 4.78 is 12.5. The van der Waals surface area contributed by atoms with Gasteiger partial charge in [0.2, 0.25) is 5.97 Å². The summed E-state index contributed by atoms with van der Waals surface area (Å²) in [7, 11) is 0. The molecule has 0 aliphatic carbocycles. The second-order valence-corrected chi connectivity index (χ2v) is 3.53. The van der Waals surface area contributed by atoms with E-state index in [1.54, 1.807) is 0 Å². The fourth-order valence-corrected chi connectivity index (χ4v) is 1.60. The second-order valence-electron chi connectivity index (χ2n) is 3.53. The van der Waals surface area contributed by atoms with Gasteiger partial charge in [0.1, 0.15) is 6.67 Å². The summed E-state index contributed by atoms with van der Waals surface area (Å²) >= 11 is 0. The Labute approximate surface area is 87.0 Å². The first-order valence-electron chi connectivity index (χ1n) is 4.94. The summed E-state index contributed by atoms with van der Waals surface area (Å²) in [6.45, 7) is 1.00. The van der Waals surface area contributed by atoms with Crippen molar-refractivity contribution in [2.75, 3.05) is 13.2 Å². The average Bonchev–Trinajstić information content (AvgIpc) is 2.74. The summed E-state index contributed by atoms with van der Waals surface area (Å²) in [5.74, 6) is -0.603. The number of rotatable bonds is 2. The van der Waals surface area contributed by atoms with Crippen molar-refractivity contribution in [3.63, 3.8) is 0 Å². The summed E-state index contributed by atoms with van der Waals surface area (Å²) in [4.78, 5) is 15.1. The quantitative estimate of drug-likeness (QED) is 0.673. The molecule has 2 N–H and O–H groups in total. The molecular weight excluding hydrogens is 199 g/mol. The Balaban J connectivity index is 1.82. The van der Waals surface area contributed by atoms with Gasteiger partial charge in [-0.2, -0.15) is 4.39 Å². The SMILES string of the molecule is O=C(NN1C=CC(F)=NC1)C1CCCN1. The predicted molar refractivity (Wildman–Crippen MR) is 53.6 cm³/mol. The Hall–Kier alpha value is -1.43.